The summed E-state index contributed by atoms with van der Waals surface area (Å²) in [6.07, 6.45) is 1.90. The van der Waals surface area contributed by atoms with Crippen LogP contribution in [-0.2, 0) is 11.3 Å². The molecule has 2 amide bonds. The number of anilines is 1. The first-order valence-corrected chi connectivity index (χ1v) is 12.3. The van der Waals surface area contributed by atoms with Crippen LogP contribution in [0.3, 0.4) is 0 Å². The number of nitrogens with one attached hydrogen (secondary N) is 1. The first-order chi connectivity index (χ1) is 16.5. The third-order valence-electron chi connectivity index (χ3n) is 6.20. The zero-order valence-corrected chi connectivity index (χ0v) is 20.0. The molecular formula is C28H27N3O2S. The molecule has 1 saturated heterocycles. The molecule has 2 heterocycles. The summed E-state index contributed by atoms with van der Waals surface area (Å²) in [6.45, 7) is 6.05. The summed E-state index contributed by atoms with van der Waals surface area (Å²) in [4.78, 5) is 31.7. The lowest BCUT2D eigenvalue weighted by atomic mass is 10.1. The minimum atomic E-state index is -0.141. The number of thioether (sulfide) groups is 1. The monoisotopic (exact) mass is 469 g/mol. The topological polar surface area (TPSA) is 52.7 Å². The van der Waals surface area contributed by atoms with Gasteiger partial charge in [0.25, 0.3) is 11.8 Å². The van der Waals surface area contributed by atoms with Crippen LogP contribution in [0.1, 0.15) is 27.0 Å². The largest absolute Gasteiger partial charge is 0.336 e. The number of fused-ring (bicyclic) bond motifs is 1. The molecule has 0 bridgehead atoms. The molecule has 3 aromatic carbocycles. The Morgan fingerprint density at radius 3 is 2.44 bits per heavy atom. The van der Waals surface area contributed by atoms with Crippen LogP contribution in [0.25, 0.3) is 6.08 Å². The average molecular weight is 470 g/mol. The summed E-state index contributed by atoms with van der Waals surface area (Å²) in [6, 6.07) is 24.1. The average Bonchev–Trinajstić information content (AvgIpc) is 2.86. The number of amides is 2. The van der Waals surface area contributed by atoms with Crippen LogP contribution in [0.15, 0.2) is 82.6 Å². The minimum absolute atomic E-state index is 0.0161. The van der Waals surface area contributed by atoms with Gasteiger partial charge in [-0.2, -0.15) is 0 Å². The lowest BCUT2D eigenvalue weighted by Crippen LogP contribution is -2.48. The van der Waals surface area contributed by atoms with E-state index >= 15 is 0 Å². The summed E-state index contributed by atoms with van der Waals surface area (Å²) in [5.41, 5.74) is 4.78. The Kier molecular flexibility index (Phi) is 6.52. The van der Waals surface area contributed by atoms with Crippen molar-refractivity contribution in [3.63, 3.8) is 0 Å². The zero-order chi connectivity index (χ0) is 23.5. The van der Waals surface area contributed by atoms with Gasteiger partial charge in [-0.1, -0.05) is 71.9 Å². The van der Waals surface area contributed by atoms with E-state index in [0.717, 1.165) is 30.1 Å². The van der Waals surface area contributed by atoms with Gasteiger partial charge in [-0.05, 0) is 42.3 Å². The number of piperazine rings is 1. The van der Waals surface area contributed by atoms with Crippen molar-refractivity contribution in [1.82, 2.24) is 9.80 Å². The number of nitrogens with zero attached hydrogens (tertiary/aromatic N) is 2. The van der Waals surface area contributed by atoms with Crippen LogP contribution in [0.4, 0.5) is 5.69 Å². The molecular weight excluding hydrogens is 442 g/mol. The number of aryl methyl sites for hydroxylation is 1. The van der Waals surface area contributed by atoms with E-state index in [4.69, 9.17) is 0 Å². The molecule has 0 aromatic heterocycles. The Labute approximate surface area is 204 Å². The van der Waals surface area contributed by atoms with Gasteiger partial charge in [-0.15, -0.1) is 0 Å². The molecule has 0 atom stereocenters. The van der Waals surface area contributed by atoms with Crippen molar-refractivity contribution in [2.45, 2.75) is 18.4 Å². The maximum absolute atomic E-state index is 13.1. The van der Waals surface area contributed by atoms with E-state index in [2.05, 4.69) is 34.5 Å². The molecule has 0 saturated carbocycles. The minimum Gasteiger partial charge on any atom is -0.336 e. The Hall–Kier alpha value is -3.35. The molecule has 1 N–H and O–H groups in total. The number of carbonyl (C=O) groups excluding carboxylic acids is 2. The Morgan fingerprint density at radius 1 is 0.971 bits per heavy atom. The Bertz CT molecular complexity index is 1230. The van der Waals surface area contributed by atoms with Crippen LogP contribution >= 0.6 is 11.8 Å². The van der Waals surface area contributed by atoms with E-state index in [0.29, 0.717) is 29.2 Å². The van der Waals surface area contributed by atoms with E-state index in [1.807, 2.05) is 66.4 Å². The second-order valence-corrected chi connectivity index (χ2v) is 9.82. The second kappa shape index (κ2) is 9.87. The third-order valence-corrected chi connectivity index (χ3v) is 7.30. The molecule has 0 spiro atoms. The number of carbonyl (C=O) groups is 2. The van der Waals surface area contributed by atoms with Crippen LogP contribution in [-0.4, -0.2) is 47.8 Å². The maximum Gasteiger partial charge on any atom is 0.262 e. The molecule has 3 aromatic rings. The summed E-state index contributed by atoms with van der Waals surface area (Å²) in [7, 11) is 0. The normalized spacial score (nSPS) is 17.4. The SMILES string of the molecule is Cc1ccc(C=C2Sc3ccc(C(=O)N4CCN(Cc5ccccc5)CC4)cc3NC2=O)cc1. The van der Waals surface area contributed by atoms with Gasteiger partial charge in [0.15, 0.2) is 0 Å². The van der Waals surface area contributed by atoms with Gasteiger partial charge < -0.3 is 10.2 Å². The summed E-state index contributed by atoms with van der Waals surface area (Å²) in [5.74, 6) is -0.125. The maximum atomic E-state index is 13.1. The summed E-state index contributed by atoms with van der Waals surface area (Å²) in [5, 5.41) is 2.97. The fourth-order valence-corrected chi connectivity index (χ4v) is 5.17. The molecule has 0 aliphatic carbocycles. The van der Waals surface area contributed by atoms with Crippen molar-refractivity contribution in [1.29, 1.82) is 0 Å². The van der Waals surface area contributed by atoms with Crippen molar-refractivity contribution in [3.8, 4) is 0 Å². The molecule has 5 nitrogen and oxygen atoms in total. The van der Waals surface area contributed by atoms with Gasteiger partial charge in [0.2, 0.25) is 0 Å². The molecule has 2 aliphatic rings. The predicted octanol–water partition coefficient (Wildman–Crippen LogP) is 5.04. The van der Waals surface area contributed by atoms with Gasteiger partial charge >= 0.3 is 0 Å². The van der Waals surface area contributed by atoms with Crippen molar-refractivity contribution in [3.05, 3.63) is 100.0 Å². The molecule has 2 aliphatic heterocycles. The van der Waals surface area contributed by atoms with Crippen molar-refractivity contribution < 1.29 is 9.59 Å². The molecule has 34 heavy (non-hydrogen) atoms. The number of benzene rings is 3. The van der Waals surface area contributed by atoms with E-state index in [9.17, 15) is 9.59 Å². The highest BCUT2D eigenvalue weighted by Crippen LogP contribution is 2.39. The standard InChI is InChI=1S/C28H27N3O2S/c1-20-7-9-21(10-8-20)17-26-27(32)29-24-18-23(11-12-25(24)34-26)28(33)31-15-13-30(14-16-31)19-22-5-3-2-4-6-22/h2-12,17-18H,13-16,19H2,1H3,(H,29,32). The predicted molar refractivity (Wildman–Crippen MR) is 138 cm³/mol. The number of hydrogen-bond acceptors (Lipinski definition) is 4. The van der Waals surface area contributed by atoms with E-state index in [1.165, 1.54) is 22.9 Å². The van der Waals surface area contributed by atoms with E-state index < -0.39 is 0 Å². The van der Waals surface area contributed by atoms with Crippen molar-refractivity contribution in [2.24, 2.45) is 0 Å². The molecule has 1 fully saturated rings. The van der Waals surface area contributed by atoms with Crippen molar-refractivity contribution >= 4 is 35.3 Å². The zero-order valence-electron chi connectivity index (χ0n) is 19.2. The lowest BCUT2D eigenvalue weighted by Gasteiger charge is -2.35. The van der Waals surface area contributed by atoms with Crippen LogP contribution in [0.2, 0.25) is 0 Å². The molecule has 6 heteroatoms. The van der Waals surface area contributed by atoms with Crippen LogP contribution < -0.4 is 5.32 Å². The highest BCUT2D eigenvalue weighted by atomic mass is 32.2. The highest BCUT2D eigenvalue weighted by Gasteiger charge is 2.25. The number of rotatable bonds is 4. The second-order valence-electron chi connectivity index (χ2n) is 8.74. The van der Waals surface area contributed by atoms with Gasteiger partial charge in [-0.3, -0.25) is 14.5 Å². The first-order valence-electron chi connectivity index (χ1n) is 11.5. The summed E-state index contributed by atoms with van der Waals surface area (Å²) < 4.78 is 0. The fourth-order valence-electron chi connectivity index (χ4n) is 4.24. The lowest BCUT2D eigenvalue weighted by molar-refractivity contribution is -0.112. The van der Waals surface area contributed by atoms with Crippen LogP contribution in [0, 0.1) is 6.92 Å². The summed E-state index contributed by atoms with van der Waals surface area (Å²) >= 11 is 1.44. The van der Waals surface area contributed by atoms with Gasteiger partial charge in [0.1, 0.15) is 0 Å². The van der Waals surface area contributed by atoms with E-state index in [1.54, 1.807) is 0 Å². The molecule has 0 unspecified atom stereocenters. The third kappa shape index (κ3) is 5.08. The van der Waals surface area contributed by atoms with Gasteiger partial charge in [-0.25, -0.2) is 0 Å². The fraction of sp³-hybridized carbons (Fsp3) is 0.214. The van der Waals surface area contributed by atoms with Crippen LogP contribution in [0.5, 0.6) is 0 Å². The number of hydrogen-bond donors (Lipinski definition) is 1. The molecule has 0 radical (unpaired) electrons. The highest BCUT2D eigenvalue weighted by molar-refractivity contribution is 8.04. The quantitative estimate of drug-likeness (QED) is 0.544. The van der Waals surface area contributed by atoms with Crippen molar-refractivity contribution in [2.75, 3.05) is 31.5 Å². The Morgan fingerprint density at radius 2 is 1.71 bits per heavy atom. The van der Waals surface area contributed by atoms with Gasteiger partial charge in [0, 0.05) is 43.2 Å². The van der Waals surface area contributed by atoms with E-state index in [-0.39, 0.29) is 11.8 Å². The first kappa shape index (κ1) is 22.4. The Balaban J connectivity index is 1.23. The van der Waals surface area contributed by atoms with Gasteiger partial charge in [0.05, 0.1) is 10.6 Å². The molecule has 172 valence electrons. The smallest absolute Gasteiger partial charge is 0.262 e. The molecule has 5 rings (SSSR count).